The first-order chi connectivity index (χ1) is 8.67. The van der Waals surface area contributed by atoms with Crippen molar-refractivity contribution in [2.24, 2.45) is 0 Å². The van der Waals surface area contributed by atoms with Crippen LogP contribution < -0.4 is 0 Å². The van der Waals surface area contributed by atoms with E-state index in [2.05, 4.69) is 6.26 Å². The monoisotopic (exact) mass is 289 g/mol. The second-order valence-corrected chi connectivity index (χ2v) is 6.71. The van der Waals surface area contributed by atoms with Gasteiger partial charge in [0.2, 0.25) is 5.91 Å². The van der Waals surface area contributed by atoms with Crippen LogP contribution in [-0.2, 0) is 14.3 Å². The van der Waals surface area contributed by atoms with Crippen LogP contribution in [0.15, 0.2) is 0 Å². The molecule has 4 nitrogen and oxygen atoms in total. The van der Waals surface area contributed by atoms with Crippen molar-refractivity contribution in [3.63, 3.8) is 0 Å². The molecular weight excluding hydrogens is 262 g/mol. The zero-order valence-electron chi connectivity index (χ0n) is 13.0. The van der Waals surface area contributed by atoms with E-state index in [-0.39, 0.29) is 30.8 Å². The molecule has 0 saturated carbocycles. The highest BCUT2D eigenvalue weighted by atomic mass is 32.2. The number of carbonyl (C=O) groups is 2. The Hall–Kier alpha value is -0.710. The van der Waals surface area contributed by atoms with Crippen LogP contribution in [0.25, 0.3) is 0 Å². The number of ether oxygens (including phenoxy) is 1. The SMILES string of the molecule is CSCCC(C)N(C)C(=O)CCC(=O)OC(C)(C)C. The van der Waals surface area contributed by atoms with Gasteiger partial charge in [-0.15, -0.1) is 0 Å². The van der Waals surface area contributed by atoms with Gasteiger partial charge in [0.25, 0.3) is 0 Å². The van der Waals surface area contributed by atoms with E-state index >= 15 is 0 Å². The maximum absolute atomic E-state index is 11.9. The van der Waals surface area contributed by atoms with E-state index in [0.717, 1.165) is 12.2 Å². The molecule has 1 amide bonds. The summed E-state index contributed by atoms with van der Waals surface area (Å²) in [6.45, 7) is 7.50. The lowest BCUT2D eigenvalue weighted by Crippen LogP contribution is -2.36. The highest BCUT2D eigenvalue weighted by molar-refractivity contribution is 7.98. The smallest absolute Gasteiger partial charge is 0.306 e. The Morgan fingerprint density at radius 3 is 2.32 bits per heavy atom. The predicted octanol–water partition coefficient (Wildman–Crippen LogP) is 2.71. The summed E-state index contributed by atoms with van der Waals surface area (Å²) >= 11 is 1.77. The molecule has 0 rings (SSSR count). The van der Waals surface area contributed by atoms with Gasteiger partial charge in [0, 0.05) is 19.5 Å². The van der Waals surface area contributed by atoms with E-state index in [1.54, 1.807) is 23.7 Å². The molecule has 0 aliphatic rings. The van der Waals surface area contributed by atoms with Gasteiger partial charge in [0.15, 0.2) is 0 Å². The topological polar surface area (TPSA) is 46.6 Å². The number of thioether (sulfide) groups is 1. The molecule has 112 valence electrons. The normalized spacial score (nSPS) is 12.9. The van der Waals surface area contributed by atoms with Crippen LogP contribution in [0.3, 0.4) is 0 Å². The molecule has 0 aliphatic heterocycles. The first-order valence-corrected chi connectivity index (χ1v) is 8.03. The average Bonchev–Trinajstić information content (AvgIpc) is 2.29. The number of esters is 1. The van der Waals surface area contributed by atoms with E-state index in [1.807, 2.05) is 27.7 Å². The van der Waals surface area contributed by atoms with Crippen LogP contribution >= 0.6 is 11.8 Å². The van der Waals surface area contributed by atoms with E-state index in [9.17, 15) is 9.59 Å². The van der Waals surface area contributed by atoms with Crippen LogP contribution in [-0.4, -0.2) is 47.5 Å². The van der Waals surface area contributed by atoms with Crippen molar-refractivity contribution in [3.05, 3.63) is 0 Å². The van der Waals surface area contributed by atoms with Gasteiger partial charge >= 0.3 is 5.97 Å². The number of amides is 1. The van der Waals surface area contributed by atoms with Crippen molar-refractivity contribution in [1.82, 2.24) is 4.90 Å². The Balaban J connectivity index is 4.06. The lowest BCUT2D eigenvalue weighted by Gasteiger charge is -2.25. The van der Waals surface area contributed by atoms with Gasteiger partial charge in [0.05, 0.1) is 6.42 Å². The summed E-state index contributed by atoms with van der Waals surface area (Å²) in [4.78, 5) is 25.2. The lowest BCUT2D eigenvalue weighted by molar-refractivity contribution is -0.156. The van der Waals surface area contributed by atoms with Gasteiger partial charge in [-0.1, -0.05) is 0 Å². The first kappa shape index (κ1) is 18.3. The third-order valence-electron chi connectivity index (χ3n) is 2.76. The molecule has 1 unspecified atom stereocenters. The van der Waals surface area contributed by atoms with Crippen molar-refractivity contribution in [1.29, 1.82) is 0 Å². The third kappa shape index (κ3) is 8.92. The minimum absolute atomic E-state index is 0.000498. The molecule has 0 N–H and O–H groups in total. The molecule has 0 heterocycles. The van der Waals surface area contributed by atoms with Gasteiger partial charge in [0.1, 0.15) is 5.60 Å². The molecule has 0 aromatic rings. The van der Waals surface area contributed by atoms with Gasteiger partial charge < -0.3 is 9.64 Å². The largest absolute Gasteiger partial charge is 0.460 e. The van der Waals surface area contributed by atoms with Crippen LogP contribution in [0, 0.1) is 0 Å². The van der Waals surface area contributed by atoms with Gasteiger partial charge in [-0.2, -0.15) is 11.8 Å². The molecule has 0 aromatic heterocycles. The Morgan fingerprint density at radius 2 is 1.84 bits per heavy atom. The summed E-state index contributed by atoms with van der Waals surface area (Å²) in [5, 5.41) is 0. The van der Waals surface area contributed by atoms with Crippen LogP contribution in [0.1, 0.15) is 47.0 Å². The second kappa shape index (κ2) is 8.46. The summed E-state index contributed by atoms with van der Waals surface area (Å²) in [6, 6.07) is 0.207. The average molecular weight is 289 g/mol. The number of hydrogen-bond acceptors (Lipinski definition) is 4. The van der Waals surface area contributed by atoms with Gasteiger partial charge in [-0.25, -0.2) is 0 Å². The summed E-state index contributed by atoms with van der Waals surface area (Å²) in [5.41, 5.74) is -0.488. The lowest BCUT2D eigenvalue weighted by atomic mass is 10.2. The molecule has 0 radical (unpaired) electrons. The Labute approximate surface area is 121 Å². The number of carbonyl (C=O) groups excluding carboxylic acids is 2. The van der Waals surface area contributed by atoms with Gasteiger partial charge in [-0.3, -0.25) is 9.59 Å². The summed E-state index contributed by atoms with van der Waals surface area (Å²) < 4.78 is 5.18. The molecule has 0 saturated heterocycles. The quantitative estimate of drug-likeness (QED) is 0.676. The number of rotatable bonds is 7. The second-order valence-electron chi connectivity index (χ2n) is 5.72. The van der Waals surface area contributed by atoms with Crippen molar-refractivity contribution in [3.8, 4) is 0 Å². The molecule has 1 atom stereocenters. The van der Waals surface area contributed by atoms with E-state index in [0.29, 0.717) is 0 Å². The predicted molar refractivity (Wildman–Crippen MR) is 80.3 cm³/mol. The van der Waals surface area contributed by atoms with E-state index in [1.165, 1.54) is 0 Å². The number of hydrogen-bond donors (Lipinski definition) is 0. The standard InChI is InChI=1S/C14H27NO3S/c1-11(9-10-19-6)15(5)12(16)7-8-13(17)18-14(2,3)4/h11H,7-10H2,1-6H3. The van der Waals surface area contributed by atoms with Crippen LogP contribution in [0.2, 0.25) is 0 Å². The van der Waals surface area contributed by atoms with Crippen molar-refractivity contribution < 1.29 is 14.3 Å². The minimum Gasteiger partial charge on any atom is -0.460 e. The van der Waals surface area contributed by atoms with Gasteiger partial charge in [-0.05, 0) is 46.1 Å². The van der Waals surface area contributed by atoms with E-state index in [4.69, 9.17) is 4.74 Å². The first-order valence-electron chi connectivity index (χ1n) is 6.64. The molecule has 0 fully saturated rings. The molecular formula is C14H27NO3S. The maximum Gasteiger partial charge on any atom is 0.306 e. The summed E-state index contributed by atoms with van der Waals surface area (Å²) in [7, 11) is 1.79. The Bertz CT molecular complexity index is 300. The van der Waals surface area contributed by atoms with E-state index < -0.39 is 5.60 Å². The molecule has 19 heavy (non-hydrogen) atoms. The molecule has 0 aliphatic carbocycles. The molecule has 0 bridgehead atoms. The third-order valence-corrected chi connectivity index (χ3v) is 3.40. The summed E-state index contributed by atoms with van der Waals surface area (Å²) in [5.74, 6) is 0.718. The minimum atomic E-state index is -0.488. The van der Waals surface area contributed by atoms with Crippen molar-refractivity contribution in [2.45, 2.75) is 58.6 Å². The van der Waals surface area contributed by atoms with Crippen LogP contribution in [0.5, 0.6) is 0 Å². The highest BCUT2D eigenvalue weighted by Gasteiger charge is 2.20. The number of nitrogens with zero attached hydrogens (tertiary/aromatic N) is 1. The Kier molecular flexibility index (Phi) is 8.14. The fraction of sp³-hybridized carbons (Fsp3) is 0.857. The fourth-order valence-electron chi connectivity index (χ4n) is 1.51. The maximum atomic E-state index is 11.9. The summed E-state index contributed by atoms with van der Waals surface area (Å²) in [6.07, 6.45) is 3.39. The van der Waals surface area contributed by atoms with Crippen molar-refractivity contribution in [2.75, 3.05) is 19.1 Å². The Morgan fingerprint density at radius 1 is 1.26 bits per heavy atom. The zero-order chi connectivity index (χ0) is 15.1. The van der Waals surface area contributed by atoms with Crippen molar-refractivity contribution >= 4 is 23.6 Å². The highest BCUT2D eigenvalue weighted by Crippen LogP contribution is 2.11. The zero-order valence-corrected chi connectivity index (χ0v) is 13.8. The molecule has 0 aromatic carbocycles. The van der Waals surface area contributed by atoms with Crippen LogP contribution in [0.4, 0.5) is 0 Å². The molecule has 5 heteroatoms. The fourth-order valence-corrected chi connectivity index (χ4v) is 2.08. The molecule has 0 spiro atoms.